The Bertz CT molecular complexity index is 411. The molecule has 0 spiro atoms. The molecule has 0 fully saturated rings. The molecule has 0 aliphatic heterocycles. The predicted molar refractivity (Wildman–Crippen MR) is 47.5 cm³/mol. The van der Waals surface area contributed by atoms with Crippen molar-refractivity contribution < 1.29 is 4.39 Å². The molecule has 0 saturated carbocycles. The van der Waals surface area contributed by atoms with E-state index in [1.54, 1.807) is 0 Å². The maximum atomic E-state index is 12.5. The maximum Gasteiger partial charge on any atom is 0.203 e. The molecule has 0 aliphatic rings. The standard InChI is InChI=1S/C7H5FN4S/c8-4-1-2-5(10-3-4)6-11-12-7(9)13-6/h1-3H,(H2,9,12). The van der Waals surface area contributed by atoms with Gasteiger partial charge in [-0.05, 0) is 12.1 Å². The van der Waals surface area contributed by atoms with E-state index in [0.29, 0.717) is 15.8 Å². The number of anilines is 1. The van der Waals surface area contributed by atoms with Gasteiger partial charge in [0.2, 0.25) is 5.13 Å². The van der Waals surface area contributed by atoms with Gasteiger partial charge in [-0.3, -0.25) is 4.98 Å². The first-order valence-electron chi connectivity index (χ1n) is 3.46. The topological polar surface area (TPSA) is 64.7 Å². The number of pyridine rings is 1. The third kappa shape index (κ3) is 1.62. The maximum absolute atomic E-state index is 12.5. The first-order valence-corrected chi connectivity index (χ1v) is 4.28. The van der Waals surface area contributed by atoms with E-state index in [1.807, 2.05) is 0 Å². The van der Waals surface area contributed by atoms with Gasteiger partial charge < -0.3 is 5.73 Å². The molecule has 0 radical (unpaired) electrons. The van der Waals surface area contributed by atoms with Crippen molar-refractivity contribution in [2.45, 2.75) is 0 Å². The molecule has 13 heavy (non-hydrogen) atoms. The summed E-state index contributed by atoms with van der Waals surface area (Å²) >= 11 is 1.22. The van der Waals surface area contributed by atoms with Crippen LogP contribution in [0.5, 0.6) is 0 Å². The molecule has 2 N–H and O–H groups in total. The van der Waals surface area contributed by atoms with Gasteiger partial charge in [0, 0.05) is 0 Å². The molecule has 2 rings (SSSR count). The molecular weight excluding hydrogens is 191 g/mol. The first kappa shape index (κ1) is 8.06. The lowest BCUT2D eigenvalue weighted by Crippen LogP contribution is -1.83. The Morgan fingerprint density at radius 2 is 2.15 bits per heavy atom. The Hall–Kier alpha value is -1.56. The molecule has 6 heteroatoms. The quantitative estimate of drug-likeness (QED) is 0.747. The second kappa shape index (κ2) is 3.06. The summed E-state index contributed by atoms with van der Waals surface area (Å²) in [4.78, 5) is 3.84. The number of nitrogens with two attached hydrogens (primary N) is 1. The highest BCUT2D eigenvalue weighted by Gasteiger charge is 2.04. The summed E-state index contributed by atoms with van der Waals surface area (Å²) in [6, 6.07) is 2.86. The van der Waals surface area contributed by atoms with Gasteiger partial charge in [0.25, 0.3) is 0 Å². The Morgan fingerprint density at radius 3 is 2.69 bits per heavy atom. The Kier molecular flexibility index (Phi) is 1.90. The van der Waals surface area contributed by atoms with Crippen molar-refractivity contribution in [2.75, 3.05) is 5.73 Å². The number of aromatic nitrogens is 3. The number of halogens is 1. The van der Waals surface area contributed by atoms with E-state index in [4.69, 9.17) is 5.73 Å². The fraction of sp³-hybridized carbons (Fsp3) is 0. The van der Waals surface area contributed by atoms with Gasteiger partial charge in [0.05, 0.1) is 6.20 Å². The molecule has 2 aromatic rings. The molecule has 2 heterocycles. The van der Waals surface area contributed by atoms with Gasteiger partial charge in [-0.1, -0.05) is 11.3 Å². The summed E-state index contributed by atoms with van der Waals surface area (Å²) in [6.07, 6.45) is 1.13. The van der Waals surface area contributed by atoms with Gasteiger partial charge in [0.15, 0.2) is 5.01 Å². The van der Waals surface area contributed by atoms with Crippen LogP contribution in [0.2, 0.25) is 0 Å². The summed E-state index contributed by atoms with van der Waals surface area (Å²) in [5, 5.41) is 8.37. The monoisotopic (exact) mass is 196 g/mol. The molecule has 2 aromatic heterocycles. The van der Waals surface area contributed by atoms with E-state index in [-0.39, 0.29) is 5.82 Å². The fourth-order valence-electron chi connectivity index (χ4n) is 0.840. The first-order chi connectivity index (χ1) is 6.25. The molecule has 0 saturated heterocycles. The molecule has 0 aliphatic carbocycles. The third-order valence-electron chi connectivity index (χ3n) is 1.39. The summed E-state index contributed by atoms with van der Waals surface area (Å²) in [7, 11) is 0. The van der Waals surface area contributed by atoms with Crippen LogP contribution in [-0.2, 0) is 0 Å². The normalized spacial score (nSPS) is 10.2. The van der Waals surface area contributed by atoms with Crippen LogP contribution >= 0.6 is 11.3 Å². The molecule has 0 unspecified atom stereocenters. The predicted octanol–water partition coefficient (Wildman–Crippen LogP) is 1.32. The van der Waals surface area contributed by atoms with E-state index in [2.05, 4.69) is 15.2 Å². The van der Waals surface area contributed by atoms with Crippen LogP contribution in [0.15, 0.2) is 18.3 Å². The van der Waals surface area contributed by atoms with Crippen LogP contribution in [0.1, 0.15) is 0 Å². The van der Waals surface area contributed by atoms with E-state index in [1.165, 1.54) is 23.5 Å². The number of hydrogen-bond donors (Lipinski definition) is 1. The van der Waals surface area contributed by atoms with Crippen molar-refractivity contribution in [3.8, 4) is 10.7 Å². The summed E-state index contributed by atoms with van der Waals surface area (Å²) < 4.78 is 12.5. The molecule has 0 atom stereocenters. The van der Waals surface area contributed by atoms with Gasteiger partial charge in [0.1, 0.15) is 11.5 Å². The fourth-order valence-corrected chi connectivity index (χ4v) is 1.43. The summed E-state index contributed by atoms with van der Waals surface area (Å²) in [5.74, 6) is -0.374. The van der Waals surface area contributed by atoms with Crippen molar-refractivity contribution in [3.05, 3.63) is 24.1 Å². The van der Waals surface area contributed by atoms with Crippen LogP contribution in [0.4, 0.5) is 9.52 Å². The zero-order chi connectivity index (χ0) is 9.26. The van der Waals surface area contributed by atoms with Crippen molar-refractivity contribution in [2.24, 2.45) is 0 Å². The smallest absolute Gasteiger partial charge is 0.203 e. The van der Waals surface area contributed by atoms with Crippen molar-refractivity contribution in [1.82, 2.24) is 15.2 Å². The second-order valence-electron chi connectivity index (χ2n) is 2.31. The van der Waals surface area contributed by atoms with E-state index in [9.17, 15) is 4.39 Å². The average Bonchev–Trinajstić information content (AvgIpc) is 2.53. The molecular formula is C7H5FN4S. The minimum Gasteiger partial charge on any atom is -0.374 e. The van der Waals surface area contributed by atoms with Crippen LogP contribution < -0.4 is 5.73 Å². The lowest BCUT2D eigenvalue weighted by molar-refractivity contribution is 0.622. The molecule has 0 amide bonds. The van der Waals surface area contributed by atoms with Gasteiger partial charge in [-0.15, -0.1) is 10.2 Å². The van der Waals surface area contributed by atoms with E-state index < -0.39 is 0 Å². The zero-order valence-corrected chi connectivity index (χ0v) is 7.25. The third-order valence-corrected chi connectivity index (χ3v) is 2.16. The van der Waals surface area contributed by atoms with Gasteiger partial charge in [-0.25, -0.2) is 4.39 Å². The van der Waals surface area contributed by atoms with Crippen molar-refractivity contribution in [1.29, 1.82) is 0 Å². The minimum absolute atomic E-state index is 0.374. The van der Waals surface area contributed by atoms with Gasteiger partial charge in [-0.2, -0.15) is 0 Å². The number of nitrogens with zero attached hydrogens (tertiary/aromatic N) is 3. The second-order valence-corrected chi connectivity index (χ2v) is 3.32. The minimum atomic E-state index is -0.374. The average molecular weight is 196 g/mol. The van der Waals surface area contributed by atoms with Crippen LogP contribution in [0, 0.1) is 5.82 Å². The molecule has 0 bridgehead atoms. The zero-order valence-electron chi connectivity index (χ0n) is 6.44. The van der Waals surface area contributed by atoms with E-state index >= 15 is 0 Å². The highest BCUT2D eigenvalue weighted by molar-refractivity contribution is 7.18. The lowest BCUT2D eigenvalue weighted by Gasteiger charge is -1.91. The van der Waals surface area contributed by atoms with Gasteiger partial charge >= 0.3 is 0 Å². The lowest BCUT2D eigenvalue weighted by atomic mass is 10.4. The highest BCUT2D eigenvalue weighted by Crippen LogP contribution is 2.22. The highest BCUT2D eigenvalue weighted by atomic mass is 32.1. The molecule has 66 valence electrons. The summed E-state index contributed by atoms with van der Waals surface area (Å²) in [6.45, 7) is 0. The molecule has 4 nitrogen and oxygen atoms in total. The number of nitrogen functional groups attached to an aromatic ring is 1. The number of rotatable bonds is 1. The Balaban J connectivity index is 2.41. The van der Waals surface area contributed by atoms with Crippen LogP contribution in [0.25, 0.3) is 10.7 Å². The van der Waals surface area contributed by atoms with Crippen molar-refractivity contribution >= 4 is 16.5 Å². The SMILES string of the molecule is Nc1nnc(-c2ccc(F)cn2)s1. The largest absolute Gasteiger partial charge is 0.374 e. The number of hydrogen-bond acceptors (Lipinski definition) is 5. The van der Waals surface area contributed by atoms with Crippen LogP contribution in [-0.4, -0.2) is 15.2 Å². The molecule has 0 aromatic carbocycles. The van der Waals surface area contributed by atoms with E-state index in [0.717, 1.165) is 6.20 Å². The Labute approximate surface area is 77.3 Å². The van der Waals surface area contributed by atoms with Crippen molar-refractivity contribution in [3.63, 3.8) is 0 Å². The Morgan fingerprint density at radius 1 is 1.31 bits per heavy atom. The summed E-state index contributed by atoms with van der Waals surface area (Å²) in [5.41, 5.74) is 5.97. The van der Waals surface area contributed by atoms with Crippen LogP contribution in [0.3, 0.4) is 0 Å².